The van der Waals surface area contributed by atoms with E-state index in [1.165, 1.54) is 12.1 Å². The van der Waals surface area contributed by atoms with Gasteiger partial charge in [0.25, 0.3) is 5.91 Å². The van der Waals surface area contributed by atoms with Crippen LogP contribution in [0.4, 0.5) is 11.4 Å². The fourth-order valence-electron chi connectivity index (χ4n) is 1.85. The number of halogens is 1. The van der Waals surface area contributed by atoms with Crippen LogP contribution in [0.15, 0.2) is 42.5 Å². The Labute approximate surface area is 137 Å². The fourth-order valence-corrected chi connectivity index (χ4v) is 2.03. The maximum Gasteiger partial charge on any atom is 0.316 e. The van der Waals surface area contributed by atoms with Gasteiger partial charge in [-0.15, -0.1) is 0 Å². The first-order chi connectivity index (χ1) is 10.9. The van der Waals surface area contributed by atoms with Gasteiger partial charge in [0, 0.05) is 16.4 Å². The molecule has 7 heteroatoms. The van der Waals surface area contributed by atoms with E-state index in [2.05, 4.69) is 5.32 Å². The molecule has 0 saturated heterocycles. The van der Waals surface area contributed by atoms with Crippen LogP contribution in [0.2, 0.25) is 5.02 Å². The molecule has 3 amide bonds. The van der Waals surface area contributed by atoms with Crippen LogP contribution in [-0.4, -0.2) is 17.7 Å². The van der Waals surface area contributed by atoms with Gasteiger partial charge in [-0.25, -0.2) is 0 Å². The predicted molar refractivity (Wildman–Crippen MR) is 88.1 cm³/mol. The number of benzene rings is 2. The zero-order valence-corrected chi connectivity index (χ0v) is 13.0. The van der Waals surface area contributed by atoms with Gasteiger partial charge in [0.2, 0.25) is 0 Å². The molecule has 0 unspecified atom stereocenters. The molecule has 0 aromatic heterocycles. The SMILES string of the molecule is Cc1c(Cl)cccc1NC(=O)C(=O)NC(=O)c1ccccc1N. The molecule has 23 heavy (non-hydrogen) atoms. The van der Waals surface area contributed by atoms with E-state index in [4.69, 9.17) is 17.3 Å². The van der Waals surface area contributed by atoms with Crippen LogP contribution in [0, 0.1) is 6.92 Å². The van der Waals surface area contributed by atoms with Gasteiger partial charge < -0.3 is 11.1 Å². The lowest BCUT2D eigenvalue weighted by molar-refractivity contribution is -0.135. The van der Waals surface area contributed by atoms with Crippen molar-refractivity contribution in [2.75, 3.05) is 11.1 Å². The molecule has 4 N–H and O–H groups in total. The second-order valence-corrected chi connectivity index (χ2v) is 5.14. The molecule has 0 fully saturated rings. The Hall–Kier alpha value is -2.86. The van der Waals surface area contributed by atoms with E-state index in [0.717, 1.165) is 0 Å². The number of nitrogens with one attached hydrogen (secondary N) is 2. The van der Waals surface area contributed by atoms with Crippen molar-refractivity contribution in [2.45, 2.75) is 6.92 Å². The van der Waals surface area contributed by atoms with Gasteiger partial charge in [-0.05, 0) is 36.8 Å². The number of imide groups is 1. The highest BCUT2D eigenvalue weighted by Crippen LogP contribution is 2.22. The van der Waals surface area contributed by atoms with Crippen molar-refractivity contribution >= 4 is 40.7 Å². The predicted octanol–water partition coefficient (Wildman–Crippen LogP) is 2.13. The molecule has 0 radical (unpaired) electrons. The maximum absolute atomic E-state index is 11.9. The van der Waals surface area contributed by atoms with Gasteiger partial charge in [-0.2, -0.15) is 0 Å². The van der Waals surface area contributed by atoms with Crippen molar-refractivity contribution in [3.05, 3.63) is 58.6 Å². The summed E-state index contributed by atoms with van der Waals surface area (Å²) in [6, 6.07) is 11.1. The van der Waals surface area contributed by atoms with Crippen LogP contribution in [0.3, 0.4) is 0 Å². The lowest BCUT2D eigenvalue weighted by Crippen LogP contribution is -2.39. The van der Waals surface area contributed by atoms with E-state index in [1.807, 2.05) is 5.32 Å². The van der Waals surface area contributed by atoms with Gasteiger partial charge >= 0.3 is 11.8 Å². The number of rotatable bonds is 2. The number of amides is 3. The summed E-state index contributed by atoms with van der Waals surface area (Å²) < 4.78 is 0. The summed E-state index contributed by atoms with van der Waals surface area (Å²) in [6.45, 7) is 1.70. The molecule has 2 aromatic rings. The summed E-state index contributed by atoms with van der Waals surface area (Å²) in [5, 5.41) is 4.85. The quantitative estimate of drug-likeness (QED) is 0.579. The second kappa shape index (κ2) is 6.93. The first kappa shape index (κ1) is 16.5. The molecule has 0 atom stereocenters. The molecule has 0 bridgehead atoms. The number of para-hydroxylation sites is 1. The minimum absolute atomic E-state index is 0.118. The van der Waals surface area contributed by atoms with Crippen molar-refractivity contribution < 1.29 is 14.4 Å². The number of nitrogen functional groups attached to an aromatic ring is 1. The van der Waals surface area contributed by atoms with Gasteiger partial charge in [0.05, 0.1) is 5.56 Å². The average Bonchev–Trinajstić information content (AvgIpc) is 2.52. The number of carbonyl (C=O) groups excluding carboxylic acids is 3. The minimum Gasteiger partial charge on any atom is -0.398 e. The number of carbonyl (C=O) groups is 3. The third-order valence-electron chi connectivity index (χ3n) is 3.15. The Morgan fingerprint density at radius 3 is 2.39 bits per heavy atom. The molecular weight excluding hydrogens is 318 g/mol. The first-order valence-electron chi connectivity index (χ1n) is 6.66. The Morgan fingerprint density at radius 2 is 1.70 bits per heavy atom. The summed E-state index contributed by atoms with van der Waals surface area (Å²) in [4.78, 5) is 35.6. The maximum atomic E-state index is 11.9. The zero-order valence-electron chi connectivity index (χ0n) is 12.2. The van der Waals surface area contributed by atoms with E-state index in [0.29, 0.717) is 16.3 Å². The Kier molecular flexibility index (Phi) is 4.98. The molecule has 0 spiro atoms. The molecule has 0 aliphatic carbocycles. The fraction of sp³-hybridized carbons (Fsp3) is 0.0625. The Morgan fingerprint density at radius 1 is 1.00 bits per heavy atom. The largest absolute Gasteiger partial charge is 0.398 e. The van der Waals surface area contributed by atoms with Gasteiger partial charge in [-0.1, -0.05) is 29.8 Å². The van der Waals surface area contributed by atoms with Crippen molar-refractivity contribution in [1.29, 1.82) is 0 Å². The lowest BCUT2D eigenvalue weighted by atomic mass is 10.1. The van der Waals surface area contributed by atoms with Crippen LogP contribution in [0.25, 0.3) is 0 Å². The molecule has 2 aromatic carbocycles. The standard InChI is InChI=1S/C16H14ClN3O3/c1-9-11(17)6-4-8-13(9)19-15(22)16(23)20-14(21)10-5-2-3-7-12(10)18/h2-8H,18H2,1H3,(H,19,22)(H,20,21,23). The number of nitrogens with two attached hydrogens (primary N) is 1. The second-order valence-electron chi connectivity index (χ2n) is 4.74. The summed E-state index contributed by atoms with van der Waals surface area (Å²) in [6.07, 6.45) is 0. The summed E-state index contributed by atoms with van der Waals surface area (Å²) in [7, 11) is 0. The van der Waals surface area contributed by atoms with E-state index in [1.54, 1.807) is 37.3 Å². The van der Waals surface area contributed by atoms with E-state index in [9.17, 15) is 14.4 Å². The average molecular weight is 332 g/mol. The Bertz CT molecular complexity index is 790. The molecular formula is C16H14ClN3O3. The smallest absolute Gasteiger partial charge is 0.316 e. The Balaban J connectivity index is 2.06. The van der Waals surface area contributed by atoms with Crippen LogP contribution in [-0.2, 0) is 9.59 Å². The normalized spacial score (nSPS) is 10.0. The van der Waals surface area contributed by atoms with Crippen molar-refractivity contribution in [3.8, 4) is 0 Å². The minimum atomic E-state index is -1.09. The molecule has 0 aliphatic heterocycles. The molecule has 2 rings (SSSR count). The van der Waals surface area contributed by atoms with Crippen molar-refractivity contribution in [2.24, 2.45) is 0 Å². The van der Waals surface area contributed by atoms with E-state index >= 15 is 0 Å². The summed E-state index contributed by atoms with van der Waals surface area (Å²) in [5.41, 5.74) is 6.99. The number of hydrogen-bond acceptors (Lipinski definition) is 4. The molecule has 0 heterocycles. The van der Waals surface area contributed by atoms with E-state index < -0.39 is 17.7 Å². The van der Waals surface area contributed by atoms with Crippen LogP contribution in [0.5, 0.6) is 0 Å². The summed E-state index contributed by atoms with van der Waals surface area (Å²) >= 11 is 5.94. The van der Waals surface area contributed by atoms with Crippen LogP contribution in [0.1, 0.15) is 15.9 Å². The number of anilines is 2. The highest BCUT2D eigenvalue weighted by Gasteiger charge is 2.19. The third kappa shape index (κ3) is 3.87. The van der Waals surface area contributed by atoms with Crippen LogP contribution < -0.4 is 16.4 Å². The molecule has 0 aliphatic rings. The topological polar surface area (TPSA) is 101 Å². The van der Waals surface area contributed by atoms with Gasteiger partial charge in [0.1, 0.15) is 0 Å². The van der Waals surface area contributed by atoms with Crippen molar-refractivity contribution in [3.63, 3.8) is 0 Å². The molecule has 0 saturated carbocycles. The molecule has 118 valence electrons. The highest BCUT2D eigenvalue weighted by molar-refractivity contribution is 6.42. The zero-order chi connectivity index (χ0) is 17.0. The van der Waals surface area contributed by atoms with Gasteiger partial charge in [-0.3, -0.25) is 19.7 Å². The van der Waals surface area contributed by atoms with Crippen LogP contribution >= 0.6 is 11.6 Å². The summed E-state index contributed by atoms with van der Waals surface area (Å²) in [5.74, 6) is -2.80. The van der Waals surface area contributed by atoms with E-state index in [-0.39, 0.29) is 11.3 Å². The van der Waals surface area contributed by atoms with Gasteiger partial charge in [0.15, 0.2) is 0 Å². The lowest BCUT2D eigenvalue weighted by Gasteiger charge is -2.09. The monoisotopic (exact) mass is 331 g/mol. The first-order valence-corrected chi connectivity index (χ1v) is 7.04. The number of hydrogen-bond donors (Lipinski definition) is 3. The molecule has 6 nitrogen and oxygen atoms in total. The van der Waals surface area contributed by atoms with Crippen molar-refractivity contribution in [1.82, 2.24) is 5.32 Å². The third-order valence-corrected chi connectivity index (χ3v) is 3.56. The highest BCUT2D eigenvalue weighted by atomic mass is 35.5.